The molecule has 3 nitrogen and oxygen atoms in total. The molecule has 1 aromatic carbocycles. The summed E-state index contributed by atoms with van der Waals surface area (Å²) in [6.07, 6.45) is 5.56. The third-order valence-electron chi connectivity index (χ3n) is 4.23. The molecule has 1 heterocycles. The first-order valence-corrected chi connectivity index (χ1v) is 6.80. The van der Waals surface area contributed by atoms with Crippen LogP contribution in [0.5, 0.6) is 0 Å². The smallest absolute Gasteiger partial charge is 0.196 e. The molecule has 3 rings (SSSR count). The molecule has 19 heavy (non-hydrogen) atoms. The van der Waals surface area contributed by atoms with Gasteiger partial charge in [0.15, 0.2) is 5.78 Å². The summed E-state index contributed by atoms with van der Waals surface area (Å²) in [4.78, 5) is 12.4. The molecule has 98 valence electrons. The number of carbonyl (C=O) groups is 1. The van der Waals surface area contributed by atoms with Crippen molar-refractivity contribution in [1.82, 2.24) is 9.78 Å². The van der Waals surface area contributed by atoms with E-state index in [1.807, 2.05) is 26.1 Å². The SMILES string of the molecule is Cc1c(C(=O)c2ccc(C3CCC3)cc2)cnn1C. The molecule has 0 unspecified atom stereocenters. The zero-order valence-electron chi connectivity index (χ0n) is 11.4. The zero-order chi connectivity index (χ0) is 13.4. The summed E-state index contributed by atoms with van der Waals surface area (Å²) in [5.74, 6) is 0.773. The average Bonchev–Trinajstić information content (AvgIpc) is 2.68. The van der Waals surface area contributed by atoms with Crippen LogP contribution in [0.25, 0.3) is 0 Å². The molecule has 1 aliphatic carbocycles. The Morgan fingerprint density at radius 1 is 1.26 bits per heavy atom. The molecule has 0 spiro atoms. The van der Waals surface area contributed by atoms with Crippen molar-refractivity contribution < 1.29 is 4.79 Å². The maximum absolute atomic E-state index is 12.4. The highest BCUT2D eigenvalue weighted by atomic mass is 16.1. The zero-order valence-corrected chi connectivity index (χ0v) is 11.4. The van der Waals surface area contributed by atoms with Crippen LogP contribution in [0.4, 0.5) is 0 Å². The number of carbonyl (C=O) groups excluding carboxylic acids is 1. The lowest BCUT2D eigenvalue weighted by molar-refractivity contribution is 0.103. The molecule has 0 amide bonds. The van der Waals surface area contributed by atoms with Crippen LogP contribution in [-0.4, -0.2) is 15.6 Å². The number of nitrogens with zero attached hydrogens (tertiary/aromatic N) is 2. The van der Waals surface area contributed by atoms with E-state index in [-0.39, 0.29) is 5.78 Å². The predicted octanol–water partition coefficient (Wildman–Crippen LogP) is 3.23. The standard InChI is InChI=1S/C16H18N2O/c1-11-15(10-17-18(11)2)16(19)14-8-6-13(7-9-14)12-4-3-5-12/h6-10,12H,3-5H2,1-2H3. The molecule has 0 aliphatic heterocycles. The van der Waals surface area contributed by atoms with Gasteiger partial charge in [-0.1, -0.05) is 30.7 Å². The number of hydrogen-bond acceptors (Lipinski definition) is 2. The van der Waals surface area contributed by atoms with Gasteiger partial charge in [0.05, 0.1) is 11.8 Å². The fraction of sp³-hybridized carbons (Fsp3) is 0.375. The molecule has 1 aromatic heterocycles. The van der Waals surface area contributed by atoms with E-state index < -0.39 is 0 Å². The van der Waals surface area contributed by atoms with E-state index in [1.54, 1.807) is 10.9 Å². The molecule has 0 N–H and O–H groups in total. The lowest BCUT2D eigenvalue weighted by Crippen LogP contribution is -2.09. The van der Waals surface area contributed by atoms with Crippen LogP contribution in [0.1, 0.15) is 52.4 Å². The summed E-state index contributed by atoms with van der Waals surface area (Å²) >= 11 is 0. The Bertz CT molecular complexity index is 606. The van der Waals surface area contributed by atoms with Gasteiger partial charge in [0, 0.05) is 18.3 Å². The van der Waals surface area contributed by atoms with Crippen LogP contribution in [0.15, 0.2) is 30.5 Å². The van der Waals surface area contributed by atoms with E-state index in [0.29, 0.717) is 11.5 Å². The number of rotatable bonds is 3. The molecule has 1 fully saturated rings. The minimum Gasteiger partial charge on any atom is -0.288 e. The lowest BCUT2D eigenvalue weighted by atomic mass is 9.80. The highest BCUT2D eigenvalue weighted by Gasteiger charge is 2.20. The fourth-order valence-corrected chi connectivity index (χ4v) is 2.53. The topological polar surface area (TPSA) is 34.9 Å². The number of ketones is 1. The van der Waals surface area contributed by atoms with Gasteiger partial charge in [0.25, 0.3) is 0 Å². The van der Waals surface area contributed by atoms with Crippen molar-refractivity contribution in [2.24, 2.45) is 7.05 Å². The largest absolute Gasteiger partial charge is 0.288 e. The van der Waals surface area contributed by atoms with Crippen molar-refractivity contribution >= 4 is 5.78 Å². The molecule has 0 bridgehead atoms. The molecular weight excluding hydrogens is 236 g/mol. The summed E-state index contributed by atoms with van der Waals surface area (Å²) in [6, 6.07) is 8.09. The Labute approximate surface area is 113 Å². The van der Waals surface area contributed by atoms with Crippen LogP contribution < -0.4 is 0 Å². The molecular formula is C16H18N2O. The first-order chi connectivity index (χ1) is 9.16. The summed E-state index contributed by atoms with van der Waals surface area (Å²) in [7, 11) is 1.85. The van der Waals surface area contributed by atoms with Gasteiger partial charge in [-0.2, -0.15) is 5.10 Å². The van der Waals surface area contributed by atoms with Crippen LogP contribution in [0.3, 0.4) is 0 Å². The van der Waals surface area contributed by atoms with E-state index in [0.717, 1.165) is 11.3 Å². The minimum atomic E-state index is 0.0609. The normalized spacial score (nSPS) is 15.3. The highest BCUT2D eigenvalue weighted by molar-refractivity contribution is 6.09. The second kappa shape index (κ2) is 4.65. The van der Waals surface area contributed by atoms with E-state index in [2.05, 4.69) is 17.2 Å². The quantitative estimate of drug-likeness (QED) is 0.788. The molecule has 2 aromatic rings. The Balaban J connectivity index is 1.85. The highest BCUT2D eigenvalue weighted by Crippen LogP contribution is 2.36. The molecule has 0 saturated heterocycles. The summed E-state index contributed by atoms with van der Waals surface area (Å²) < 4.78 is 1.73. The first kappa shape index (κ1) is 12.2. The van der Waals surface area contributed by atoms with Gasteiger partial charge in [0.1, 0.15) is 0 Å². The molecule has 0 radical (unpaired) electrons. The molecule has 1 saturated carbocycles. The first-order valence-electron chi connectivity index (χ1n) is 6.80. The third-order valence-corrected chi connectivity index (χ3v) is 4.23. The van der Waals surface area contributed by atoms with Gasteiger partial charge in [-0.25, -0.2) is 0 Å². The Morgan fingerprint density at radius 3 is 2.42 bits per heavy atom. The van der Waals surface area contributed by atoms with Gasteiger partial charge < -0.3 is 0 Å². The van der Waals surface area contributed by atoms with E-state index in [4.69, 9.17) is 0 Å². The van der Waals surface area contributed by atoms with Crippen molar-refractivity contribution in [3.63, 3.8) is 0 Å². The van der Waals surface area contributed by atoms with E-state index >= 15 is 0 Å². The Hall–Kier alpha value is -1.90. The average molecular weight is 254 g/mol. The van der Waals surface area contributed by atoms with Crippen molar-refractivity contribution in [1.29, 1.82) is 0 Å². The van der Waals surface area contributed by atoms with Crippen LogP contribution in [-0.2, 0) is 7.05 Å². The predicted molar refractivity (Wildman–Crippen MR) is 74.4 cm³/mol. The molecule has 0 atom stereocenters. The van der Waals surface area contributed by atoms with Gasteiger partial charge >= 0.3 is 0 Å². The number of hydrogen-bond donors (Lipinski definition) is 0. The van der Waals surface area contributed by atoms with Gasteiger partial charge in [-0.3, -0.25) is 9.48 Å². The molecule has 3 heteroatoms. The number of aryl methyl sites for hydroxylation is 1. The lowest BCUT2D eigenvalue weighted by Gasteiger charge is -2.25. The fourth-order valence-electron chi connectivity index (χ4n) is 2.53. The number of benzene rings is 1. The van der Waals surface area contributed by atoms with Crippen LogP contribution in [0, 0.1) is 6.92 Å². The van der Waals surface area contributed by atoms with Crippen molar-refractivity contribution in [3.05, 3.63) is 52.8 Å². The Morgan fingerprint density at radius 2 is 1.95 bits per heavy atom. The second-order valence-corrected chi connectivity index (χ2v) is 5.35. The van der Waals surface area contributed by atoms with Crippen molar-refractivity contribution in [2.75, 3.05) is 0 Å². The second-order valence-electron chi connectivity index (χ2n) is 5.35. The van der Waals surface area contributed by atoms with E-state index in [1.165, 1.54) is 24.8 Å². The van der Waals surface area contributed by atoms with Crippen molar-refractivity contribution in [3.8, 4) is 0 Å². The van der Waals surface area contributed by atoms with Crippen molar-refractivity contribution in [2.45, 2.75) is 32.1 Å². The number of aromatic nitrogens is 2. The summed E-state index contributed by atoms with van der Waals surface area (Å²) in [6.45, 7) is 1.92. The van der Waals surface area contributed by atoms with E-state index in [9.17, 15) is 4.79 Å². The molecule has 1 aliphatic rings. The minimum absolute atomic E-state index is 0.0609. The van der Waals surface area contributed by atoms with Crippen LogP contribution >= 0.6 is 0 Å². The maximum atomic E-state index is 12.4. The summed E-state index contributed by atoms with van der Waals surface area (Å²) in [5, 5.41) is 4.13. The van der Waals surface area contributed by atoms with Gasteiger partial charge in [-0.05, 0) is 31.2 Å². The summed E-state index contributed by atoms with van der Waals surface area (Å²) in [5.41, 5.74) is 3.72. The van der Waals surface area contributed by atoms with Gasteiger partial charge in [-0.15, -0.1) is 0 Å². The third kappa shape index (κ3) is 2.09. The van der Waals surface area contributed by atoms with Gasteiger partial charge in [0.2, 0.25) is 0 Å². The maximum Gasteiger partial charge on any atom is 0.196 e. The Kier molecular flexibility index (Phi) is 2.97. The van der Waals surface area contributed by atoms with Crippen LogP contribution in [0.2, 0.25) is 0 Å². The monoisotopic (exact) mass is 254 g/mol.